The normalized spacial score (nSPS) is 32.8. The molecule has 2 aliphatic heterocycles. The largest absolute Gasteiger partial charge is 0.340 e. The van der Waals surface area contributed by atoms with Gasteiger partial charge in [-0.2, -0.15) is 0 Å². The second-order valence-corrected chi connectivity index (χ2v) is 7.76. The standard InChI is InChI=1S/C22H30N2/c1-16-10-8-9-13-20(16)23-17(2)21-14-15-22(4,24(21)18(23)3)19-11-6-5-7-12-19/h8-10,13-15,18-19H,5-7,11-12H2,1-4H3/i3D3. The highest BCUT2D eigenvalue weighted by Crippen LogP contribution is 2.49. The van der Waals surface area contributed by atoms with Gasteiger partial charge in [0.05, 0.1) is 11.2 Å². The highest BCUT2D eigenvalue weighted by Gasteiger charge is 2.49. The van der Waals surface area contributed by atoms with Crippen molar-refractivity contribution in [2.45, 2.75) is 71.4 Å². The zero-order chi connectivity index (χ0) is 19.4. The predicted octanol–water partition coefficient (Wildman–Crippen LogP) is 5.60. The highest BCUT2D eigenvalue weighted by molar-refractivity contribution is 5.62. The van der Waals surface area contributed by atoms with Gasteiger partial charge in [0.25, 0.3) is 0 Å². The Labute approximate surface area is 151 Å². The first-order valence-corrected chi connectivity index (χ1v) is 9.29. The van der Waals surface area contributed by atoms with E-state index >= 15 is 0 Å². The van der Waals surface area contributed by atoms with Crippen molar-refractivity contribution in [3.8, 4) is 0 Å². The van der Waals surface area contributed by atoms with Crippen LogP contribution in [0.25, 0.3) is 0 Å². The second-order valence-electron chi connectivity index (χ2n) is 7.76. The van der Waals surface area contributed by atoms with Gasteiger partial charge in [0.2, 0.25) is 0 Å². The van der Waals surface area contributed by atoms with Crippen molar-refractivity contribution >= 4 is 5.69 Å². The van der Waals surface area contributed by atoms with Crippen LogP contribution in [0.1, 0.15) is 62.5 Å². The first kappa shape index (κ1) is 12.6. The number of hydrogen-bond acceptors (Lipinski definition) is 2. The van der Waals surface area contributed by atoms with Crippen LogP contribution in [-0.4, -0.2) is 16.6 Å². The third-order valence-corrected chi connectivity index (χ3v) is 6.39. The van der Waals surface area contributed by atoms with Crippen molar-refractivity contribution in [1.82, 2.24) is 4.90 Å². The van der Waals surface area contributed by atoms with Crippen molar-refractivity contribution in [3.05, 3.63) is 53.4 Å². The quantitative estimate of drug-likeness (QED) is 0.698. The first-order valence-electron chi connectivity index (χ1n) is 10.8. The summed E-state index contributed by atoms with van der Waals surface area (Å²) in [5, 5.41) is 0. The van der Waals surface area contributed by atoms with Gasteiger partial charge in [-0.1, -0.05) is 43.5 Å². The maximum absolute atomic E-state index is 8.41. The van der Waals surface area contributed by atoms with Gasteiger partial charge < -0.3 is 9.80 Å². The molecule has 2 unspecified atom stereocenters. The molecule has 0 aromatic heterocycles. The molecule has 1 fully saturated rings. The lowest BCUT2D eigenvalue weighted by atomic mass is 9.75. The molecule has 1 aromatic rings. The zero-order valence-electron chi connectivity index (χ0n) is 18.0. The monoisotopic (exact) mass is 325 g/mol. The molecule has 1 aliphatic carbocycles. The molecule has 0 spiro atoms. The van der Waals surface area contributed by atoms with E-state index in [1.807, 2.05) is 18.2 Å². The van der Waals surface area contributed by atoms with Crippen molar-refractivity contribution in [1.29, 1.82) is 0 Å². The van der Waals surface area contributed by atoms with E-state index in [1.165, 1.54) is 32.1 Å². The van der Waals surface area contributed by atoms with Crippen LogP contribution in [0.5, 0.6) is 0 Å². The van der Waals surface area contributed by atoms with Crippen LogP contribution >= 0.6 is 0 Å². The molecule has 0 amide bonds. The van der Waals surface area contributed by atoms with Crippen LogP contribution < -0.4 is 4.90 Å². The Balaban J connectivity index is 1.82. The number of aryl methyl sites for hydroxylation is 1. The molecule has 0 saturated heterocycles. The zero-order valence-corrected chi connectivity index (χ0v) is 15.0. The number of fused-ring (bicyclic) bond motifs is 1. The molecule has 0 N–H and O–H groups in total. The summed E-state index contributed by atoms with van der Waals surface area (Å²) in [7, 11) is 0. The van der Waals surface area contributed by atoms with E-state index < -0.39 is 13.0 Å². The number of hydrogen-bond donors (Lipinski definition) is 0. The smallest absolute Gasteiger partial charge is 0.104 e. The fourth-order valence-electron chi connectivity index (χ4n) is 4.95. The molecular formula is C22H30N2. The molecular weight excluding hydrogens is 292 g/mol. The van der Waals surface area contributed by atoms with Gasteiger partial charge in [0.15, 0.2) is 0 Å². The van der Waals surface area contributed by atoms with Crippen LogP contribution in [0.15, 0.2) is 47.8 Å². The van der Waals surface area contributed by atoms with Crippen molar-refractivity contribution in [2.75, 3.05) is 4.90 Å². The topological polar surface area (TPSA) is 6.48 Å². The van der Waals surface area contributed by atoms with Crippen LogP contribution in [0.4, 0.5) is 5.69 Å². The molecule has 0 radical (unpaired) electrons. The number of benzene rings is 1. The van der Waals surface area contributed by atoms with E-state index in [9.17, 15) is 0 Å². The Kier molecular flexibility index (Phi) is 2.99. The molecule has 2 atom stereocenters. The fourth-order valence-corrected chi connectivity index (χ4v) is 4.95. The van der Waals surface area contributed by atoms with Gasteiger partial charge in [-0.25, -0.2) is 0 Å². The molecule has 2 nitrogen and oxygen atoms in total. The lowest BCUT2D eigenvalue weighted by molar-refractivity contribution is 0.0931. The van der Waals surface area contributed by atoms with Crippen molar-refractivity contribution in [2.24, 2.45) is 5.92 Å². The summed E-state index contributed by atoms with van der Waals surface area (Å²) >= 11 is 0. The summed E-state index contributed by atoms with van der Waals surface area (Å²) in [6.45, 7) is 4.27. The van der Waals surface area contributed by atoms with E-state index in [0.29, 0.717) is 5.92 Å². The molecule has 1 saturated carbocycles. The van der Waals surface area contributed by atoms with Gasteiger partial charge in [-0.05, 0) is 64.1 Å². The van der Waals surface area contributed by atoms with E-state index in [4.69, 9.17) is 4.11 Å². The molecule has 2 heteroatoms. The molecule has 24 heavy (non-hydrogen) atoms. The van der Waals surface area contributed by atoms with E-state index in [1.54, 1.807) is 0 Å². The molecule has 0 bridgehead atoms. The van der Waals surface area contributed by atoms with E-state index in [2.05, 4.69) is 48.8 Å². The van der Waals surface area contributed by atoms with E-state index in [0.717, 1.165) is 22.6 Å². The highest BCUT2D eigenvalue weighted by atomic mass is 15.4. The Bertz CT molecular complexity index is 789. The molecule has 4 rings (SSSR count). The van der Waals surface area contributed by atoms with Gasteiger partial charge in [-0.3, -0.25) is 0 Å². The Morgan fingerprint density at radius 3 is 2.58 bits per heavy atom. The summed E-state index contributed by atoms with van der Waals surface area (Å²) in [5.74, 6) is 0.509. The summed E-state index contributed by atoms with van der Waals surface area (Å²) in [6.07, 6.45) is 9.95. The molecule has 128 valence electrons. The Morgan fingerprint density at radius 2 is 1.88 bits per heavy atom. The first-order chi connectivity index (χ1) is 12.7. The lowest BCUT2D eigenvalue weighted by Gasteiger charge is -2.46. The van der Waals surface area contributed by atoms with Crippen molar-refractivity contribution in [3.63, 3.8) is 0 Å². The molecule has 1 aromatic carbocycles. The summed E-state index contributed by atoms with van der Waals surface area (Å²) < 4.78 is 25.2. The predicted molar refractivity (Wildman–Crippen MR) is 102 cm³/mol. The number of nitrogens with zero attached hydrogens (tertiary/aromatic N) is 2. The molecule has 2 heterocycles. The lowest BCUT2D eigenvalue weighted by Crippen LogP contribution is -2.52. The summed E-state index contributed by atoms with van der Waals surface area (Å²) in [6, 6.07) is 8.11. The number of para-hydroxylation sites is 1. The van der Waals surface area contributed by atoms with Gasteiger partial charge in [0.1, 0.15) is 6.17 Å². The van der Waals surface area contributed by atoms with Gasteiger partial charge >= 0.3 is 0 Å². The van der Waals surface area contributed by atoms with E-state index in [-0.39, 0.29) is 5.54 Å². The minimum Gasteiger partial charge on any atom is -0.340 e. The average molecular weight is 326 g/mol. The number of allylic oxidation sites excluding steroid dienone is 2. The van der Waals surface area contributed by atoms with Gasteiger partial charge in [-0.15, -0.1) is 0 Å². The van der Waals surface area contributed by atoms with Crippen LogP contribution in [0, 0.1) is 12.8 Å². The number of anilines is 1. The Hall–Kier alpha value is -1.70. The van der Waals surface area contributed by atoms with Gasteiger partial charge in [0, 0.05) is 15.5 Å². The summed E-state index contributed by atoms with van der Waals surface area (Å²) in [5.41, 5.74) is 4.00. The minimum atomic E-state index is -2.10. The van der Waals surface area contributed by atoms with Crippen molar-refractivity contribution < 1.29 is 4.11 Å². The minimum absolute atomic E-state index is 0.229. The SMILES string of the molecule is [2H]C([2H])([2H])C1N(c2ccccc2C)C(C)=C2C=CC(C)(C3CCCCC3)N21. The number of rotatable bonds is 2. The maximum atomic E-state index is 8.41. The summed E-state index contributed by atoms with van der Waals surface area (Å²) in [4.78, 5) is 4.28. The van der Waals surface area contributed by atoms with Crippen LogP contribution in [0.3, 0.4) is 0 Å². The van der Waals surface area contributed by atoms with Crippen LogP contribution in [0.2, 0.25) is 0 Å². The third kappa shape index (κ3) is 2.15. The van der Waals surface area contributed by atoms with Crippen LogP contribution in [-0.2, 0) is 0 Å². The average Bonchev–Trinajstić information content (AvgIpc) is 3.13. The maximum Gasteiger partial charge on any atom is 0.104 e. The third-order valence-electron chi connectivity index (χ3n) is 6.39. The fraction of sp³-hybridized carbons (Fsp3) is 0.545. The second kappa shape index (κ2) is 5.68. The Morgan fingerprint density at radius 1 is 1.12 bits per heavy atom. The molecule has 3 aliphatic rings.